The molecule has 1 rings (SSSR count). The Kier molecular flexibility index (Phi) is 57.8. The minimum Gasteiger partial charge on any atom is -0.394 e. The first-order chi connectivity index (χ1) is 39.3. The molecule has 1 aliphatic heterocycles. The molecule has 0 aromatic carbocycles. The van der Waals surface area contributed by atoms with Gasteiger partial charge in [0.05, 0.1) is 25.4 Å². The second kappa shape index (κ2) is 60.5. The van der Waals surface area contributed by atoms with Crippen LogP contribution < -0.4 is 5.32 Å². The van der Waals surface area contributed by atoms with Gasteiger partial charge >= 0.3 is 0 Å². The molecular weight excluding hydrogens is 995 g/mol. The Morgan fingerprint density at radius 3 is 1.07 bits per heavy atom. The number of unbranched alkanes of at least 4 members (excludes halogenated alkanes) is 48. The third-order valence-electron chi connectivity index (χ3n) is 17.0. The molecule has 9 nitrogen and oxygen atoms in total. The third kappa shape index (κ3) is 48.7. The average Bonchev–Trinajstić information content (AvgIpc) is 3.46. The standard InChI is InChI=1S/C71H135NO8/c1-3-5-7-9-11-13-15-17-19-21-23-25-27-29-30-31-32-33-34-35-36-37-39-41-43-45-47-49-51-53-55-57-59-61-67(75)72-64(63-79-71-70(78)69(77)68(76)66(62-73)80-71)65(74)60-58-56-54-52-50-48-46-44-42-40-38-28-26-24-22-20-18-16-14-12-10-8-6-4-2/h15,17,21,23,58,60,64-66,68-71,73-74,76-78H,3-14,16,18-20,22,24-57,59,61-63H2,1-2H3,(H,72,75)/b17-15-,23-21-,60-58+. The van der Waals surface area contributed by atoms with E-state index in [-0.39, 0.29) is 12.5 Å². The fraction of sp³-hybridized carbons (Fsp3) is 0.901. The fourth-order valence-corrected chi connectivity index (χ4v) is 11.4. The van der Waals surface area contributed by atoms with E-state index in [0.29, 0.717) is 6.42 Å². The van der Waals surface area contributed by atoms with E-state index >= 15 is 0 Å². The highest BCUT2D eigenvalue weighted by Crippen LogP contribution is 2.23. The summed E-state index contributed by atoms with van der Waals surface area (Å²) in [6.45, 7) is 3.82. The molecule has 1 aliphatic rings. The highest BCUT2D eigenvalue weighted by molar-refractivity contribution is 5.76. The van der Waals surface area contributed by atoms with Crippen LogP contribution in [0.15, 0.2) is 36.5 Å². The second-order valence-electron chi connectivity index (χ2n) is 24.7. The number of allylic oxidation sites excluding steroid dienone is 5. The van der Waals surface area contributed by atoms with Gasteiger partial charge in [-0.15, -0.1) is 0 Å². The van der Waals surface area contributed by atoms with Gasteiger partial charge in [0.25, 0.3) is 0 Å². The largest absolute Gasteiger partial charge is 0.394 e. The van der Waals surface area contributed by atoms with E-state index in [2.05, 4.69) is 43.5 Å². The van der Waals surface area contributed by atoms with Crippen molar-refractivity contribution in [3.8, 4) is 0 Å². The van der Waals surface area contributed by atoms with Crippen LogP contribution in [0.5, 0.6) is 0 Å². The maximum atomic E-state index is 13.1. The lowest BCUT2D eigenvalue weighted by atomic mass is 9.99. The van der Waals surface area contributed by atoms with Crippen LogP contribution in [0.2, 0.25) is 0 Å². The van der Waals surface area contributed by atoms with E-state index in [0.717, 1.165) is 44.9 Å². The number of aliphatic hydroxyl groups is 5. The molecule has 0 aromatic heterocycles. The average molecular weight is 1130 g/mol. The van der Waals surface area contributed by atoms with E-state index in [1.54, 1.807) is 6.08 Å². The van der Waals surface area contributed by atoms with Crippen LogP contribution in [0.3, 0.4) is 0 Å². The lowest BCUT2D eigenvalue weighted by Gasteiger charge is -2.40. The van der Waals surface area contributed by atoms with Crippen molar-refractivity contribution in [2.45, 2.75) is 397 Å². The van der Waals surface area contributed by atoms with Crippen LogP contribution in [0, 0.1) is 0 Å². The summed E-state index contributed by atoms with van der Waals surface area (Å²) < 4.78 is 11.3. The van der Waals surface area contributed by atoms with Gasteiger partial charge in [-0.3, -0.25) is 4.79 Å². The predicted molar refractivity (Wildman–Crippen MR) is 341 cm³/mol. The van der Waals surface area contributed by atoms with E-state index in [1.807, 2.05) is 6.08 Å². The lowest BCUT2D eigenvalue weighted by molar-refractivity contribution is -0.302. The van der Waals surface area contributed by atoms with Crippen LogP contribution in [0.25, 0.3) is 0 Å². The molecule has 0 aliphatic carbocycles. The molecule has 80 heavy (non-hydrogen) atoms. The Balaban J connectivity index is 2.11. The summed E-state index contributed by atoms with van der Waals surface area (Å²) in [5, 5.41) is 54.8. The number of rotatable bonds is 62. The number of amides is 1. The molecule has 1 amide bonds. The maximum Gasteiger partial charge on any atom is 0.220 e. The number of aliphatic hydroxyl groups excluding tert-OH is 5. The van der Waals surface area contributed by atoms with E-state index < -0.39 is 49.5 Å². The SMILES string of the molecule is CCCCCCC/C=C\C/C=C\CCCCCCCCCCCCCCCCCCCCCCCC(=O)NC(COC1OC(CO)C(O)C(O)C1O)C(O)/C=C/CCCCCCCCCCCCCCCCCCCCCCCC. The van der Waals surface area contributed by atoms with Gasteiger partial charge in [0, 0.05) is 6.42 Å². The number of carbonyl (C=O) groups is 1. The van der Waals surface area contributed by atoms with Crippen molar-refractivity contribution < 1.29 is 39.8 Å². The lowest BCUT2D eigenvalue weighted by Crippen LogP contribution is -2.60. The predicted octanol–water partition coefficient (Wildman–Crippen LogP) is 19.0. The molecule has 472 valence electrons. The molecule has 0 spiro atoms. The first-order valence-corrected chi connectivity index (χ1v) is 35.2. The molecule has 0 radical (unpaired) electrons. The molecule has 1 saturated heterocycles. The summed E-state index contributed by atoms with van der Waals surface area (Å²) in [4.78, 5) is 13.1. The van der Waals surface area contributed by atoms with Crippen molar-refractivity contribution in [2.24, 2.45) is 0 Å². The fourth-order valence-electron chi connectivity index (χ4n) is 11.4. The van der Waals surface area contributed by atoms with Crippen LogP contribution in [0.4, 0.5) is 0 Å². The second-order valence-corrected chi connectivity index (χ2v) is 24.7. The smallest absolute Gasteiger partial charge is 0.220 e. The Morgan fingerprint density at radius 1 is 0.425 bits per heavy atom. The first kappa shape index (κ1) is 76.4. The number of carbonyl (C=O) groups excluding carboxylic acids is 1. The van der Waals surface area contributed by atoms with Gasteiger partial charge < -0.3 is 40.3 Å². The molecule has 0 saturated carbocycles. The molecular formula is C71H135NO8. The normalized spacial score (nSPS) is 18.6. The summed E-state index contributed by atoms with van der Waals surface area (Å²) in [5.41, 5.74) is 0. The molecule has 9 heteroatoms. The topological polar surface area (TPSA) is 149 Å². The summed E-state index contributed by atoms with van der Waals surface area (Å²) >= 11 is 0. The molecule has 0 bridgehead atoms. The molecule has 7 unspecified atom stereocenters. The summed E-state index contributed by atoms with van der Waals surface area (Å²) in [6, 6.07) is -0.804. The van der Waals surface area contributed by atoms with Gasteiger partial charge in [0.15, 0.2) is 6.29 Å². The van der Waals surface area contributed by atoms with E-state index in [4.69, 9.17) is 9.47 Å². The van der Waals surface area contributed by atoms with Gasteiger partial charge in [0.2, 0.25) is 5.91 Å². The van der Waals surface area contributed by atoms with E-state index in [9.17, 15) is 30.3 Å². The summed E-state index contributed by atoms with van der Waals surface area (Å²) in [5.74, 6) is -0.169. The zero-order valence-electron chi connectivity index (χ0n) is 52.9. The highest BCUT2D eigenvalue weighted by atomic mass is 16.7. The molecule has 7 atom stereocenters. The van der Waals surface area contributed by atoms with Crippen LogP contribution in [-0.4, -0.2) is 87.5 Å². The Hall–Kier alpha value is -1.59. The van der Waals surface area contributed by atoms with Crippen molar-refractivity contribution in [2.75, 3.05) is 13.2 Å². The number of hydrogen-bond donors (Lipinski definition) is 6. The van der Waals surface area contributed by atoms with E-state index in [1.165, 1.54) is 289 Å². The molecule has 1 fully saturated rings. The first-order valence-electron chi connectivity index (χ1n) is 35.2. The maximum absolute atomic E-state index is 13.1. The van der Waals surface area contributed by atoms with Crippen LogP contribution in [-0.2, 0) is 14.3 Å². The van der Waals surface area contributed by atoms with Gasteiger partial charge in [-0.1, -0.05) is 333 Å². The zero-order valence-corrected chi connectivity index (χ0v) is 52.9. The zero-order chi connectivity index (χ0) is 57.9. The van der Waals surface area contributed by atoms with Crippen molar-refractivity contribution >= 4 is 5.91 Å². The minimum absolute atomic E-state index is 0.169. The quantitative estimate of drug-likeness (QED) is 0.0261. The van der Waals surface area contributed by atoms with Crippen molar-refractivity contribution in [3.63, 3.8) is 0 Å². The number of nitrogens with one attached hydrogen (secondary N) is 1. The van der Waals surface area contributed by atoms with Gasteiger partial charge in [-0.25, -0.2) is 0 Å². The highest BCUT2D eigenvalue weighted by Gasteiger charge is 2.44. The van der Waals surface area contributed by atoms with Gasteiger partial charge in [0.1, 0.15) is 24.4 Å². The molecule has 6 N–H and O–H groups in total. The minimum atomic E-state index is -1.57. The third-order valence-corrected chi connectivity index (χ3v) is 17.0. The Labute approximate surface area is 495 Å². The Morgan fingerprint density at radius 2 is 0.738 bits per heavy atom. The number of ether oxygens (including phenoxy) is 2. The summed E-state index contributed by atoms with van der Waals surface area (Å²) in [7, 11) is 0. The van der Waals surface area contributed by atoms with Crippen molar-refractivity contribution in [3.05, 3.63) is 36.5 Å². The van der Waals surface area contributed by atoms with Crippen LogP contribution >= 0.6 is 0 Å². The summed E-state index contributed by atoms with van der Waals surface area (Å²) in [6.07, 6.45) is 73.9. The van der Waals surface area contributed by atoms with Crippen molar-refractivity contribution in [1.82, 2.24) is 5.32 Å². The van der Waals surface area contributed by atoms with Crippen molar-refractivity contribution in [1.29, 1.82) is 0 Å². The van der Waals surface area contributed by atoms with Crippen LogP contribution in [0.1, 0.15) is 354 Å². The molecule has 0 aromatic rings. The Bertz CT molecular complexity index is 1360. The number of hydrogen-bond acceptors (Lipinski definition) is 8. The van der Waals surface area contributed by atoms with Gasteiger partial charge in [-0.05, 0) is 51.4 Å². The van der Waals surface area contributed by atoms with Gasteiger partial charge in [-0.2, -0.15) is 0 Å². The monoisotopic (exact) mass is 1130 g/mol. The molecule has 1 heterocycles.